The van der Waals surface area contributed by atoms with Crippen molar-refractivity contribution in [2.75, 3.05) is 17.2 Å². The van der Waals surface area contributed by atoms with Crippen LogP contribution in [0.4, 0.5) is 15.8 Å². The van der Waals surface area contributed by atoms with Crippen LogP contribution in [0.15, 0.2) is 72.3 Å². The summed E-state index contributed by atoms with van der Waals surface area (Å²) in [5.41, 5.74) is 2.12. The van der Waals surface area contributed by atoms with Gasteiger partial charge in [0, 0.05) is 22.0 Å². The van der Waals surface area contributed by atoms with E-state index in [1.807, 2.05) is 19.1 Å². The minimum Gasteiger partial charge on any atom is -0.483 e. The first-order chi connectivity index (χ1) is 15.8. The highest BCUT2D eigenvalue weighted by Crippen LogP contribution is 2.26. The third-order valence-corrected chi connectivity index (χ3v) is 4.63. The number of amides is 2. The van der Waals surface area contributed by atoms with Crippen molar-refractivity contribution in [3.63, 3.8) is 0 Å². The van der Waals surface area contributed by atoms with Crippen molar-refractivity contribution in [3.05, 3.63) is 94.3 Å². The van der Waals surface area contributed by atoms with Crippen molar-refractivity contribution in [1.29, 1.82) is 5.26 Å². The van der Waals surface area contributed by atoms with Crippen LogP contribution in [0, 0.1) is 24.1 Å². The highest BCUT2D eigenvalue weighted by Gasteiger charge is 2.13. The second-order valence-electron chi connectivity index (χ2n) is 7.02. The van der Waals surface area contributed by atoms with Gasteiger partial charge in [0.1, 0.15) is 23.2 Å². The molecule has 0 saturated heterocycles. The summed E-state index contributed by atoms with van der Waals surface area (Å²) in [5, 5.41) is 15.1. The largest absolute Gasteiger partial charge is 0.483 e. The van der Waals surface area contributed by atoms with Gasteiger partial charge >= 0.3 is 0 Å². The van der Waals surface area contributed by atoms with E-state index in [0.29, 0.717) is 22.0 Å². The predicted octanol–water partition coefficient (Wildman–Crippen LogP) is 5.35. The lowest BCUT2D eigenvalue weighted by Crippen LogP contribution is -2.20. The van der Waals surface area contributed by atoms with E-state index in [1.54, 1.807) is 24.3 Å². The Bertz CT molecular complexity index is 1250. The molecule has 3 aromatic rings. The quantitative estimate of drug-likeness (QED) is 0.365. The van der Waals surface area contributed by atoms with Gasteiger partial charge in [-0.05, 0) is 73.2 Å². The molecule has 0 bridgehead atoms. The van der Waals surface area contributed by atoms with Gasteiger partial charge in [0.05, 0.1) is 0 Å². The molecule has 3 aromatic carbocycles. The van der Waals surface area contributed by atoms with E-state index in [1.165, 1.54) is 42.5 Å². The molecule has 0 aliphatic carbocycles. The molecular weight excluding hydrogens is 445 g/mol. The summed E-state index contributed by atoms with van der Waals surface area (Å²) in [6.07, 6.45) is 1.34. The smallest absolute Gasteiger partial charge is 0.266 e. The van der Waals surface area contributed by atoms with Crippen LogP contribution in [0.5, 0.6) is 5.75 Å². The summed E-state index contributed by atoms with van der Waals surface area (Å²) in [6.45, 7) is 1.54. The van der Waals surface area contributed by atoms with Crippen LogP contribution in [-0.4, -0.2) is 18.4 Å². The van der Waals surface area contributed by atoms with E-state index in [2.05, 4.69) is 10.6 Å². The highest BCUT2D eigenvalue weighted by atomic mass is 35.5. The summed E-state index contributed by atoms with van der Waals surface area (Å²) >= 11 is 6.07. The maximum Gasteiger partial charge on any atom is 0.266 e. The molecule has 0 spiro atoms. The maximum atomic E-state index is 13.0. The van der Waals surface area contributed by atoms with Gasteiger partial charge in [0.15, 0.2) is 6.61 Å². The Kier molecular flexibility index (Phi) is 7.79. The summed E-state index contributed by atoms with van der Waals surface area (Å²) in [5.74, 6) is -1.22. The number of nitriles is 1. The highest BCUT2D eigenvalue weighted by molar-refractivity contribution is 6.30. The fourth-order valence-corrected chi connectivity index (χ4v) is 3.04. The number of carbonyl (C=O) groups is 2. The molecule has 166 valence electrons. The summed E-state index contributed by atoms with van der Waals surface area (Å²) in [7, 11) is 0. The molecule has 0 aromatic heterocycles. The average Bonchev–Trinajstić information content (AvgIpc) is 2.78. The number of aryl methyl sites for hydroxylation is 1. The molecule has 33 heavy (non-hydrogen) atoms. The molecule has 0 unspecified atom stereocenters. The van der Waals surface area contributed by atoms with Crippen LogP contribution in [-0.2, 0) is 9.59 Å². The molecule has 0 heterocycles. The number of rotatable bonds is 7. The van der Waals surface area contributed by atoms with Crippen LogP contribution in [0.2, 0.25) is 5.02 Å². The Hall–Kier alpha value is -4.15. The van der Waals surface area contributed by atoms with Gasteiger partial charge in [-0.15, -0.1) is 0 Å². The third-order valence-electron chi connectivity index (χ3n) is 4.40. The normalized spacial score (nSPS) is 10.8. The van der Waals surface area contributed by atoms with Crippen molar-refractivity contribution in [1.82, 2.24) is 0 Å². The van der Waals surface area contributed by atoms with Gasteiger partial charge in [-0.25, -0.2) is 4.39 Å². The Morgan fingerprint density at radius 3 is 2.52 bits per heavy atom. The predicted molar refractivity (Wildman–Crippen MR) is 125 cm³/mol. The number of anilines is 2. The topological polar surface area (TPSA) is 91.2 Å². The fourth-order valence-electron chi connectivity index (χ4n) is 2.86. The zero-order valence-electron chi connectivity index (χ0n) is 17.6. The molecule has 0 saturated carbocycles. The van der Waals surface area contributed by atoms with E-state index in [9.17, 15) is 19.2 Å². The first-order valence-electron chi connectivity index (χ1n) is 9.81. The molecule has 2 amide bonds. The van der Waals surface area contributed by atoms with Crippen LogP contribution in [0.1, 0.15) is 11.1 Å². The summed E-state index contributed by atoms with van der Waals surface area (Å²) in [6, 6.07) is 19.0. The number of hydrogen-bond donors (Lipinski definition) is 2. The lowest BCUT2D eigenvalue weighted by atomic mass is 10.1. The lowest BCUT2D eigenvalue weighted by Gasteiger charge is -2.11. The number of carbonyl (C=O) groups excluding carboxylic acids is 2. The standard InChI is InChI=1S/C25H19ClFN3O3/c1-16-3-2-4-22(11-16)30-25(32)18(14-28)12-17-13-19(26)5-10-23(17)33-15-24(31)29-21-8-6-20(27)7-9-21/h2-13H,15H2,1H3,(H,29,31)(H,30,32). The maximum absolute atomic E-state index is 13.0. The lowest BCUT2D eigenvalue weighted by molar-refractivity contribution is -0.118. The Morgan fingerprint density at radius 1 is 1.06 bits per heavy atom. The first kappa shape index (κ1) is 23.5. The molecule has 0 atom stereocenters. The molecule has 2 N–H and O–H groups in total. The summed E-state index contributed by atoms with van der Waals surface area (Å²) < 4.78 is 18.6. The fraction of sp³-hybridized carbons (Fsp3) is 0.0800. The van der Waals surface area contributed by atoms with E-state index >= 15 is 0 Å². The second-order valence-corrected chi connectivity index (χ2v) is 7.46. The summed E-state index contributed by atoms with van der Waals surface area (Å²) in [4.78, 5) is 24.8. The molecule has 0 radical (unpaired) electrons. The minimum atomic E-state index is -0.594. The first-order valence-corrected chi connectivity index (χ1v) is 10.2. The third kappa shape index (κ3) is 6.92. The zero-order chi connectivity index (χ0) is 23.8. The molecular formula is C25H19ClFN3O3. The van der Waals surface area contributed by atoms with Gasteiger partial charge in [-0.2, -0.15) is 5.26 Å². The Balaban J connectivity index is 1.74. The molecule has 8 heteroatoms. The SMILES string of the molecule is Cc1cccc(NC(=O)C(C#N)=Cc2cc(Cl)ccc2OCC(=O)Nc2ccc(F)cc2)c1. The van der Waals surface area contributed by atoms with E-state index in [-0.39, 0.29) is 17.9 Å². The van der Waals surface area contributed by atoms with Gasteiger partial charge < -0.3 is 15.4 Å². The number of hydrogen-bond acceptors (Lipinski definition) is 4. The van der Waals surface area contributed by atoms with Gasteiger partial charge in [-0.3, -0.25) is 9.59 Å². The molecule has 0 fully saturated rings. The number of halogens is 2. The average molecular weight is 464 g/mol. The van der Waals surface area contributed by atoms with Crippen molar-refractivity contribution in [2.45, 2.75) is 6.92 Å². The minimum absolute atomic E-state index is 0.167. The number of nitrogens with zero attached hydrogens (tertiary/aromatic N) is 1. The number of benzene rings is 3. The van der Waals surface area contributed by atoms with Gasteiger partial charge in [-0.1, -0.05) is 23.7 Å². The number of nitrogens with one attached hydrogen (secondary N) is 2. The van der Waals surface area contributed by atoms with Gasteiger partial charge in [0.25, 0.3) is 11.8 Å². The molecule has 3 rings (SSSR count). The van der Waals surface area contributed by atoms with Crippen molar-refractivity contribution >= 4 is 40.9 Å². The molecule has 6 nitrogen and oxygen atoms in total. The van der Waals surface area contributed by atoms with Crippen molar-refractivity contribution in [2.24, 2.45) is 0 Å². The van der Waals surface area contributed by atoms with Crippen molar-refractivity contribution < 1.29 is 18.7 Å². The Labute approximate surface area is 195 Å². The monoisotopic (exact) mass is 463 g/mol. The van der Waals surface area contributed by atoms with Crippen LogP contribution < -0.4 is 15.4 Å². The number of ether oxygens (including phenoxy) is 1. The van der Waals surface area contributed by atoms with Crippen LogP contribution in [0.25, 0.3) is 6.08 Å². The van der Waals surface area contributed by atoms with E-state index < -0.39 is 17.6 Å². The van der Waals surface area contributed by atoms with E-state index in [4.69, 9.17) is 16.3 Å². The molecule has 0 aliphatic rings. The van der Waals surface area contributed by atoms with Crippen LogP contribution >= 0.6 is 11.6 Å². The van der Waals surface area contributed by atoms with Crippen molar-refractivity contribution in [3.8, 4) is 11.8 Å². The molecule has 0 aliphatic heterocycles. The second kappa shape index (κ2) is 10.9. The van der Waals surface area contributed by atoms with E-state index in [0.717, 1.165) is 5.56 Å². The van der Waals surface area contributed by atoms with Gasteiger partial charge in [0.2, 0.25) is 0 Å². The zero-order valence-corrected chi connectivity index (χ0v) is 18.3. The Morgan fingerprint density at radius 2 is 1.82 bits per heavy atom. The van der Waals surface area contributed by atoms with Crippen LogP contribution in [0.3, 0.4) is 0 Å².